The summed E-state index contributed by atoms with van der Waals surface area (Å²) < 4.78 is 23.6. The van der Waals surface area contributed by atoms with Crippen molar-refractivity contribution in [3.05, 3.63) is 59.4 Å². The van der Waals surface area contributed by atoms with Crippen molar-refractivity contribution in [2.45, 2.75) is 12.8 Å². The predicted molar refractivity (Wildman–Crippen MR) is 105 cm³/mol. The molecule has 0 fully saturated rings. The second-order valence-electron chi connectivity index (χ2n) is 5.68. The molecule has 0 unspecified atom stereocenters. The van der Waals surface area contributed by atoms with Gasteiger partial charge in [0.1, 0.15) is 5.82 Å². The van der Waals surface area contributed by atoms with E-state index < -0.39 is 0 Å². The third kappa shape index (κ3) is 6.74. The molecular weight excluding hydrogens is 369 g/mol. The lowest BCUT2D eigenvalue weighted by Crippen LogP contribution is -2.47. The fourth-order valence-electron chi connectivity index (χ4n) is 2.40. The van der Waals surface area contributed by atoms with Crippen molar-refractivity contribution in [2.24, 2.45) is 0 Å². The molecule has 0 heterocycles. The number of hydrogen-bond acceptors (Lipinski definition) is 4. The third-order valence-electron chi connectivity index (χ3n) is 3.72. The lowest BCUT2D eigenvalue weighted by Gasteiger charge is -2.13. The molecule has 144 valence electrons. The molecule has 0 spiro atoms. The summed E-state index contributed by atoms with van der Waals surface area (Å²) in [6, 6.07) is 11.6. The van der Waals surface area contributed by atoms with Gasteiger partial charge in [-0.25, -0.2) is 4.39 Å². The van der Waals surface area contributed by atoms with Crippen LogP contribution in [0.15, 0.2) is 42.5 Å². The van der Waals surface area contributed by atoms with Crippen molar-refractivity contribution in [2.75, 3.05) is 20.8 Å². The number of carbonyl (C=O) groups is 1. The minimum absolute atomic E-state index is 0.0546. The van der Waals surface area contributed by atoms with E-state index in [2.05, 4.69) is 16.2 Å². The van der Waals surface area contributed by atoms with E-state index in [1.54, 1.807) is 26.4 Å². The van der Waals surface area contributed by atoms with Crippen LogP contribution in [0.3, 0.4) is 0 Å². The average molecular weight is 391 g/mol. The van der Waals surface area contributed by atoms with Crippen molar-refractivity contribution in [1.82, 2.24) is 16.2 Å². The Hall–Kier alpha value is -2.87. The van der Waals surface area contributed by atoms with Crippen LogP contribution in [0.2, 0.25) is 0 Å². The maximum absolute atomic E-state index is 13.1. The van der Waals surface area contributed by atoms with Gasteiger partial charge in [-0.1, -0.05) is 18.2 Å². The Morgan fingerprint density at radius 3 is 2.52 bits per heavy atom. The Morgan fingerprint density at radius 1 is 1.04 bits per heavy atom. The van der Waals surface area contributed by atoms with E-state index in [4.69, 9.17) is 21.7 Å². The molecule has 2 aromatic rings. The molecule has 0 aliphatic rings. The van der Waals surface area contributed by atoms with Gasteiger partial charge in [0.05, 0.1) is 20.6 Å². The van der Waals surface area contributed by atoms with E-state index in [0.717, 1.165) is 5.56 Å². The number of hydrogen-bond donors (Lipinski definition) is 3. The third-order valence-corrected chi connectivity index (χ3v) is 3.96. The van der Waals surface area contributed by atoms with E-state index in [1.807, 2.05) is 18.2 Å². The molecule has 2 rings (SSSR count). The lowest BCUT2D eigenvalue weighted by atomic mass is 10.1. The normalized spacial score (nSPS) is 10.0. The summed E-state index contributed by atoms with van der Waals surface area (Å²) in [5.74, 6) is 0.651. The molecule has 2 aromatic carbocycles. The van der Waals surface area contributed by atoms with Gasteiger partial charge in [0, 0.05) is 6.54 Å². The minimum atomic E-state index is -0.374. The van der Waals surface area contributed by atoms with Gasteiger partial charge in [-0.05, 0) is 54.0 Å². The minimum Gasteiger partial charge on any atom is -0.493 e. The highest BCUT2D eigenvalue weighted by Gasteiger charge is 2.06. The molecule has 0 aliphatic carbocycles. The van der Waals surface area contributed by atoms with Crippen LogP contribution in [0.1, 0.15) is 11.1 Å². The Morgan fingerprint density at radius 2 is 1.81 bits per heavy atom. The zero-order chi connectivity index (χ0) is 19.6. The number of nitrogens with one attached hydrogen (secondary N) is 3. The van der Waals surface area contributed by atoms with Crippen LogP contribution in [0, 0.1) is 5.82 Å². The van der Waals surface area contributed by atoms with Gasteiger partial charge >= 0.3 is 0 Å². The Balaban J connectivity index is 1.71. The monoisotopic (exact) mass is 391 g/mol. The van der Waals surface area contributed by atoms with E-state index >= 15 is 0 Å². The lowest BCUT2D eigenvalue weighted by molar-refractivity contribution is -0.121. The predicted octanol–water partition coefficient (Wildman–Crippen LogP) is 2.12. The summed E-state index contributed by atoms with van der Waals surface area (Å²) in [6.07, 6.45) is 0.762. The van der Waals surface area contributed by atoms with Crippen molar-refractivity contribution < 1.29 is 18.7 Å². The first-order chi connectivity index (χ1) is 13.0. The van der Waals surface area contributed by atoms with Crippen molar-refractivity contribution >= 4 is 23.2 Å². The van der Waals surface area contributed by atoms with Gasteiger partial charge in [-0.3, -0.25) is 15.6 Å². The van der Waals surface area contributed by atoms with Gasteiger partial charge in [0.2, 0.25) is 5.91 Å². The van der Waals surface area contributed by atoms with Crippen LogP contribution in [0.4, 0.5) is 4.39 Å². The molecule has 0 aromatic heterocycles. The molecule has 0 bridgehead atoms. The molecule has 0 atom stereocenters. The van der Waals surface area contributed by atoms with Crippen molar-refractivity contribution in [1.29, 1.82) is 0 Å². The van der Waals surface area contributed by atoms with E-state index in [-0.39, 0.29) is 18.1 Å². The van der Waals surface area contributed by atoms with Crippen LogP contribution in [0.5, 0.6) is 11.5 Å². The van der Waals surface area contributed by atoms with Gasteiger partial charge < -0.3 is 14.8 Å². The van der Waals surface area contributed by atoms with Crippen molar-refractivity contribution in [3.8, 4) is 11.5 Å². The number of hydrazine groups is 1. The zero-order valence-electron chi connectivity index (χ0n) is 15.2. The number of carbonyl (C=O) groups excluding carboxylic acids is 1. The largest absolute Gasteiger partial charge is 0.493 e. The van der Waals surface area contributed by atoms with Crippen molar-refractivity contribution in [3.63, 3.8) is 0 Å². The molecule has 0 aliphatic heterocycles. The molecule has 0 radical (unpaired) electrons. The summed E-state index contributed by atoms with van der Waals surface area (Å²) in [4.78, 5) is 11.8. The zero-order valence-corrected chi connectivity index (χ0v) is 16.0. The summed E-state index contributed by atoms with van der Waals surface area (Å²) in [7, 11) is 3.18. The molecule has 6 nitrogen and oxygen atoms in total. The number of benzene rings is 2. The van der Waals surface area contributed by atoms with Crippen LogP contribution in [0.25, 0.3) is 0 Å². The van der Waals surface area contributed by atoms with E-state index in [9.17, 15) is 9.18 Å². The molecule has 27 heavy (non-hydrogen) atoms. The highest BCUT2D eigenvalue weighted by atomic mass is 32.1. The second kappa shape index (κ2) is 10.3. The van der Waals surface area contributed by atoms with Gasteiger partial charge in [0.15, 0.2) is 16.6 Å². The Labute approximate surface area is 163 Å². The summed E-state index contributed by atoms with van der Waals surface area (Å²) >= 11 is 5.12. The van der Waals surface area contributed by atoms with Crippen LogP contribution in [-0.2, 0) is 17.6 Å². The Kier molecular flexibility index (Phi) is 7.81. The van der Waals surface area contributed by atoms with E-state index in [0.29, 0.717) is 35.1 Å². The number of methoxy groups -OCH3 is 2. The van der Waals surface area contributed by atoms with Crippen LogP contribution < -0.4 is 25.6 Å². The van der Waals surface area contributed by atoms with Gasteiger partial charge in [-0.15, -0.1) is 0 Å². The SMILES string of the molecule is COc1ccc(CCNC(=S)NNC(=O)Cc2cccc(F)c2)cc1OC. The fourth-order valence-corrected chi connectivity index (χ4v) is 2.56. The highest BCUT2D eigenvalue weighted by Crippen LogP contribution is 2.27. The quantitative estimate of drug-likeness (QED) is 0.496. The van der Waals surface area contributed by atoms with Crippen LogP contribution >= 0.6 is 12.2 Å². The van der Waals surface area contributed by atoms with Gasteiger partial charge in [-0.2, -0.15) is 0 Å². The topological polar surface area (TPSA) is 71.6 Å². The number of thiocarbonyl (C=S) groups is 1. The molecule has 0 saturated heterocycles. The molecule has 8 heteroatoms. The molecule has 3 N–H and O–H groups in total. The highest BCUT2D eigenvalue weighted by molar-refractivity contribution is 7.80. The summed E-state index contributed by atoms with van der Waals surface area (Å²) in [6.45, 7) is 0.571. The number of amides is 1. The summed E-state index contributed by atoms with van der Waals surface area (Å²) in [5.41, 5.74) is 6.75. The maximum Gasteiger partial charge on any atom is 0.242 e. The smallest absolute Gasteiger partial charge is 0.242 e. The Bertz CT molecular complexity index is 802. The fraction of sp³-hybridized carbons (Fsp3) is 0.263. The first-order valence-corrected chi connectivity index (χ1v) is 8.70. The van der Waals surface area contributed by atoms with E-state index in [1.165, 1.54) is 12.1 Å². The molecule has 1 amide bonds. The number of rotatable bonds is 7. The van der Waals surface area contributed by atoms with Crippen LogP contribution in [-0.4, -0.2) is 31.8 Å². The first kappa shape index (κ1) is 20.4. The number of ether oxygens (including phenoxy) is 2. The maximum atomic E-state index is 13.1. The summed E-state index contributed by atoms with van der Waals surface area (Å²) in [5, 5.41) is 3.29. The molecular formula is C19H22FN3O3S. The number of halogens is 1. The average Bonchev–Trinajstić information content (AvgIpc) is 2.66. The second-order valence-corrected chi connectivity index (χ2v) is 6.08. The molecule has 0 saturated carbocycles. The first-order valence-electron chi connectivity index (χ1n) is 8.30. The van der Waals surface area contributed by atoms with Gasteiger partial charge in [0.25, 0.3) is 0 Å². The standard InChI is InChI=1S/C19H22FN3O3S/c1-25-16-7-6-13(11-17(16)26-2)8-9-21-19(27)23-22-18(24)12-14-4-3-5-15(20)10-14/h3-7,10-11H,8-9,12H2,1-2H3,(H,22,24)(H2,21,23,27).